The largest absolute Gasteiger partial charge is 0.459 e. The molecule has 0 radical (unpaired) electrons. The Hall–Kier alpha value is -1.01. The van der Waals surface area contributed by atoms with Crippen LogP contribution in [0.3, 0.4) is 0 Å². The molecule has 0 aromatic carbocycles. The van der Waals surface area contributed by atoms with E-state index < -0.39 is 95.8 Å². The Balaban J connectivity index is 2.22. The second-order valence-electron chi connectivity index (χ2n) is 17.3. The number of ether oxygens (including phenoxy) is 7. The van der Waals surface area contributed by atoms with Gasteiger partial charge in [0.15, 0.2) is 12.6 Å². The summed E-state index contributed by atoms with van der Waals surface area (Å²) in [7, 11) is 8.94. The van der Waals surface area contributed by atoms with Crippen molar-refractivity contribution in [1.29, 1.82) is 0 Å². The van der Waals surface area contributed by atoms with Crippen molar-refractivity contribution < 1.29 is 58.4 Å². The first-order chi connectivity index (χ1) is 24.5. The van der Waals surface area contributed by atoms with Crippen molar-refractivity contribution in [1.82, 2.24) is 9.80 Å². The minimum Gasteiger partial charge on any atom is -0.459 e. The van der Waals surface area contributed by atoms with Crippen LogP contribution in [0.15, 0.2) is 0 Å². The Kier molecular flexibility index (Phi) is 16.2. The van der Waals surface area contributed by atoms with E-state index in [9.17, 15) is 25.2 Å². The molecule has 0 spiro atoms. The molecule has 3 fully saturated rings. The van der Waals surface area contributed by atoms with Crippen LogP contribution in [0.25, 0.3) is 0 Å². The second-order valence-corrected chi connectivity index (χ2v) is 17.3. The van der Waals surface area contributed by atoms with Gasteiger partial charge in [-0.05, 0) is 94.8 Å². The maximum atomic E-state index is 14.3. The van der Waals surface area contributed by atoms with Gasteiger partial charge in [-0.1, -0.05) is 20.8 Å². The molecule has 18 atom stereocenters. The summed E-state index contributed by atoms with van der Waals surface area (Å²) in [6.45, 7) is 18.7. The minimum atomic E-state index is -1.76. The molecule has 4 N–H and O–H groups in total. The maximum absolute atomic E-state index is 14.3. The smallest absolute Gasteiger partial charge is 0.311 e. The molecule has 0 unspecified atom stereocenters. The van der Waals surface area contributed by atoms with Crippen molar-refractivity contribution in [3.05, 3.63) is 0 Å². The van der Waals surface area contributed by atoms with Crippen LogP contribution in [0.1, 0.15) is 94.9 Å². The molecule has 0 saturated carbocycles. The molecule has 3 heterocycles. The van der Waals surface area contributed by atoms with Crippen LogP contribution in [0.5, 0.6) is 0 Å². The molecule has 3 aliphatic heterocycles. The number of aliphatic hydroxyl groups excluding tert-OH is 3. The highest BCUT2D eigenvalue weighted by molar-refractivity contribution is 5.73. The summed E-state index contributed by atoms with van der Waals surface area (Å²) in [5, 5.41) is 45.9. The van der Waals surface area contributed by atoms with E-state index in [4.69, 9.17) is 33.2 Å². The Morgan fingerprint density at radius 1 is 0.906 bits per heavy atom. The summed E-state index contributed by atoms with van der Waals surface area (Å²) in [5.74, 6) is -2.61. The Bertz CT molecular complexity index is 1160. The van der Waals surface area contributed by atoms with E-state index in [2.05, 4.69) is 11.8 Å². The van der Waals surface area contributed by atoms with E-state index in [1.54, 1.807) is 34.8 Å². The SMILES string of the molecule is CC[C@H]1OC(=O)[C@H](C)[C@@H](O[C@H]2C[C@@](C)(OC)[C@@H](O)[C@H](C)O2)[C@H](C)[C@@H](O[C@@H]2O[C@H](C)C[C@H](N(C)C)[C@H]2O)[C@](C)(OC)C[C@@H](C)N(C)C[C@H](C)[C@@H](O)[C@]1(C)O. The van der Waals surface area contributed by atoms with E-state index >= 15 is 0 Å². The predicted octanol–water partition coefficient (Wildman–Crippen LogP) is 2.55. The lowest BCUT2D eigenvalue weighted by molar-refractivity contribution is -0.319. The third kappa shape index (κ3) is 10.3. The molecular weight excluding hydrogens is 688 g/mol. The van der Waals surface area contributed by atoms with Crippen LogP contribution in [0.2, 0.25) is 0 Å². The lowest BCUT2D eigenvalue weighted by Gasteiger charge is -2.49. The number of hydrogen-bond donors (Lipinski definition) is 4. The number of hydrogen-bond acceptors (Lipinski definition) is 14. The number of nitrogens with zero attached hydrogens (tertiary/aromatic N) is 2. The van der Waals surface area contributed by atoms with Gasteiger partial charge in [-0.15, -0.1) is 0 Å². The zero-order chi connectivity index (χ0) is 40.4. The average molecular weight is 763 g/mol. The molecule has 3 saturated heterocycles. The molecule has 0 aliphatic carbocycles. The van der Waals surface area contributed by atoms with Gasteiger partial charge in [0.05, 0.1) is 47.6 Å². The van der Waals surface area contributed by atoms with Crippen molar-refractivity contribution >= 4 is 5.97 Å². The summed E-state index contributed by atoms with van der Waals surface area (Å²) in [6.07, 6.45) is -7.23. The first-order valence-electron chi connectivity index (χ1n) is 19.5. The highest BCUT2D eigenvalue weighted by atomic mass is 16.7. The van der Waals surface area contributed by atoms with Crippen molar-refractivity contribution in [3.8, 4) is 0 Å². The molecule has 53 heavy (non-hydrogen) atoms. The van der Waals surface area contributed by atoms with E-state index in [0.29, 0.717) is 19.4 Å². The highest BCUT2D eigenvalue weighted by Crippen LogP contribution is 2.41. The third-order valence-electron chi connectivity index (χ3n) is 12.7. The lowest BCUT2D eigenvalue weighted by Crippen LogP contribution is -2.61. The molecule has 3 aliphatic rings. The second kappa shape index (κ2) is 18.5. The normalized spacial score (nSPS) is 48.9. The fourth-order valence-electron chi connectivity index (χ4n) is 8.82. The number of cyclic esters (lactones) is 1. The van der Waals surface area contributed by atoms with E-state index in [1.807, 2.05) is 53.7 Å². The van der Waals surface area contributed by atoms with Gasteiger partial charge in [-0.25, -0.2) is 0 Å². The molecule has 3 rings (SSSR count). The van der Waals surface area contributed by atoms with E-state index in [1.165, 1.54) is 14.0 Å². The maximum Gasteiger partial charge on any atom is 0.311 e. The van der Waals surface area contributed by atoms with Gasteiger partial charge in [-0.3, -0.25) is 4.79 Å². The van der Waals surface area contributed by atoms with Crippen LogP contribution in [0.4, 0.5) is 0 Å². The summed E-state index contributed by atoms with van der Waals surface area (Å²) >= 11 is 0. The highest BCUT2D eigenvalue weighted by Gasteiger charge is 2.53. The standard InChI is InChI=1S/C39H74N2O12/c1-16-28-39(10,46)32(43)21(2)20-41(13)22(3)18-38(9,48-15)34(53-36-30(42)27(40(11)12)17-23(4)49-36)24(5)31(25(6)35(45)51-28)52-29-19-37(8,47-14)33(44)26(7)50-29/h21-34,36,42-44,46H,16-20H2,1-15H3/t21-,22+,23+,24-,25+,26-,27-,28+,29-,30+,31-,32+,33-,34+,36-,37+,38+,39+/m0/s1. The number of aliphatic hydroxyl groups is 4. The average Bonchev–Trinajstić information content (AvgIpc) is 3.09. The Labute approximate surface area is 318 Å². The Morgan fingerprint density at radius 2 is 1.51 bits per heavy atom. The molecule has 0 amide bonds. The molecule has 0 aromatic rings. The molecule has 312 valence electrons. The van der Waals surface area contributed by atoms with Crippen molar-refractivity contribution in [2.75, 3.05) is 41.9 Å². The first kappa shape index (κ1) is 46.4. The monoisotopic (exact) mass is 763 g/mol. The molecule has 0 bridgehead atoms. The van der Waals surface area contributed by atoms with Crippen molar-refractivity contribution in [3.63, 3.8) is 0 Å². The molecule has 0 aromatic heterocycles. The van der Waals surface area contributed by atoms with E-state index in [0.717, 1.165) is 0 Å². The van der Waals surface area contributed by atoms with E-state index in [-0.39, 0.29) is 31.0 Å². The van der Waals surface area contributed by atoms with Gasteiger partial charge in [-0.2, -0.15) is 0 Å². The fraction of sp³-hybridized carbons (Fsp3) is 0.974. The molecule has 14 heteroatoms. The fourth-order valence-corrected chi connectivity index (χ4v) is 8.82. The van der Waals surface area contributed by atoms with Crippen molar-refractivity contribution in [2.45, 2.75) is 185 Å². The number of carbonyl (C=O) groups excluding carboxylic acids is 1. The quantitative estimate of drug-likeness (QED) is 0.266. The van der Waals surface area contributed by atoms with Gasteiger partial charge in [0.25, 0.3) is 0 Å². The molecule has 14 nitrogen and oxygen atoms in total. The zero-order valence-corrected chi connectivity index (χ0v) is 35.1. The zero-order valence-electron chi connectivity index (χ0n) is 35.1. The summed E-state index contributed by atoms with van der Waals surface area (Å²) in [5.41, 5.74) is -3.79. The van der Waals surface area contributed by atoms with Gasteiger partial charge in [0, 0.05) is 45.2 Å². The van der Waals surface area contributed by atoms with Crippen LogP contribution in [-0.4, -0.2) is 168 Å². The summed E-state index contributed by atoms with van der Waals surface area (Å²) < 4.78 is 44.5. The topological polar surface area (TPSA) is 169 Å². The lowest BCUT2D eigenvalue weighted by atomic mass is 9.78. The first-order valence-corrected chi connectivity index (χ1v) is 19.5. The van der Waals surface area contributed by atoms with Crippen LogP contribution < -0.4 is 0 Å². The number of methoxy groups -OCH3 is 2. The van der Waals surface area contributed by atoms with Crippen LogP contribution >= 0.6 is 0 Å². The third-order valence-corrected chi connectivity index (χ3v) is 12.7. The Morgan fingerprint density at radius 3 is 2.06 bits per heavy atom. The van der Waals surface area contributed by atoms with Crippen LogP contribution in [0, 0.1) is 17.8 Å². The summed E-state index contributed by atoms with van der Waals surface area (Å²) in [6, 6.07) is -0.347. The predicted molar refractivity (Wildman–Crippen MR) is 199 cm³/mol. The number of esters is 1. The summed E-state index contributed by atoms with van der Waals surface area (Å²) in [4.78, 5) is 18.4. The minimum absolute atomic E-state index is 0.114. The van der Waals surface area contributed by atoms with Gasteiger partial charge < -0.3 is 63.4 Å². The van der Waals surface area contributed by atoms with Gasteiger partial charge in [0.1, 0.15) is 23.9 Å². The van der Waals surface area contributed by atoms with Gasteiger partial charge >= 0.3 is 5.97 Å². The van der Waals surface area contributed by atoms with Crippen LogP contribution in [-0.2, 0) is 38.0 Å². The molecular formula is C39H74N2O12. The number of rotatable bonds is 8. The number of likely N-dealkylation sites (N-methyl/N-ethyl adjacent to an activating group) is 1. The number of carbonyl (C=O) groups is 1. The van der Waals surface area contributed by atoms with Gasteiger partial charge in [0.2, 0.25) is 0 Å². The van der Waals surface area contributed by atoms with Crippen molar-refractivity contribution in [2.24, 2.45) is 17.8 Å².